The lowest BCUT2D eigenvalue weighted by Gasteiger charge is -2.35. The number of alkyl carbamates (subject to hydrolysis) is 1. The predicted molar refractivity (Wildman–Crippen MR) is 140 cm³/mol. The van der Waals surface area contributed by atoms with E-state index in [-0.39, 0.29) is 43.6 Å². The number of carbonyl (C=O) groups excluding carboxylic acids is 1. The van der Waals surface area contributed by atoms with Gasteiger partial charge in [-0.1, -0.05) is 60.7 Å². The van der Waals surface area contributed by atoms with Gasteiger partial charge in [-0.15, -0.1) is 23.2 Å². The Labute approximate surface area is 227 Å². The number of nitrogens with zero attached hydrogens (tertiary/aromatic N) is 1. The van der Waals surface area contributed by atoms with Crippen molar-refractivity contribution in [2.45, 2.75) is 55.8 Å². The number of nitriles is 1. The van der Waals surface area contributed by atoms with Crippen molar-refractivity contribution in [2.75, 3.05) is 25.0 Å². The third kappa shape index (κ3) is 6.95. The van der Waals surface area contributed by atoms with E-state index in [1.54, 1.807) is 0 Å². The predicted octanol–water partition coefficient (Wildman–Crippen LogP) is 5.19. The Hall–Kier alpha value is -2.34. The molecular weight excluding hydrogens is 515 g/mol. The highest BCUT2D eigenvalue weighted by atomic mass is 35.5. The highest BCUT2D eigenvalue weighted by Gasteiger charge is 2.54. The molecule has 2 heterocycles. The minimum absolute atomic E-state index is 0.0692. The first kappa shape index (κ1) is 27.7. The number of alkyl halides is 2. The normalized spacial score (nSPS) is 29.1. The third-order valence-electron chi connectivity index (χ3n) is 6.95. The molecule has 2 saturated heterocycles. The summed E-state index contributed by atoms with van der Waals surface area (Å²) in [6, 6.07) is 22.0. The molecule has 1 N–H and O–H groups in total. The van der Waals surface area contributed by atoms with Crippen LogP contribution in [0.4, 0.5) is 4.79 Å². The number of halogens is 2. The molecule has 0 aliphatic carbocycles. The van der Waals surface area contributed by atoms with Crippen LogP contribution >= 0.6 is 23.2 Å². The molecule has 0 spiro atoms. The van der Waals surface area contributed by atoms with Crippen molar-refractivity contribution in [2.24, 2.45) is 5.92 Å². The number of hydrogen-bond acceptors (Lipinski definition) is 6. The Morgan fingerprint density at radius 1 is 1.08 bits per heavy atom. The monoisotopic (exact) mass is 546 g/mol. The van der Waals surface area contributed by atoms with Crippen LogP contribution in [0.2, 0.25) is 0 Å². The van der Waals surface area contributed by atoms with E-state index in [0.717, 1.165) is 11.1 Å². The maximum atomic E-state index is 13.2. The number of benzene rings is 2. The average Bonchev–Trinajstić information content (AvgIpc) is 3.46. The molecule has 2 aliphatic heterocycles. The molecule has 4 rings (SSSR count). The second-order valence-corrected chi connectivity index (χ2v) is 10.3. The van der Waals surface area contributed by atoms with Crippen molar-refractivity contribution >= 4 is 29.3 Å². The van der Waals surface area contributed by atoms with Gasteiger partial charge in [-0.25, -0.2) is 4.79 Å². The van der Waals surface area contributed by atoms with E-state index < -0.39 is 17.4 Å². The molecule has 0 aromatic heterocycles. The highest BCUT2D eigenvalue weighted by molar-refractivity contribution is 6.18. The molecule has 0 bridgehead atoms. The largest absolute Gasteiger partial charge is 0.416 e. The van der Waals surface area contributed by atoms with Gasteiger partial charge in [0.05, 0.1) is 44.0 Å². The molecule has 2 aromatic carbocycles. The van der Waals surface area contributed by atoms with Gasteiger partial charge in [0.15, 0.2) is 5.54 Å². The Kier molecular flexibility index (Phi) is 9.69. The highest BCUT2D eigenvalue weighted by Crippen LogP contribution is 2.41. The van der Waals surface area contributed by atoms with Crippen LogP contribution in [0.5, 0.6) is 0 Å². The van der Waals surface area contributed by atoms with Crippen LogP contribution in [0, 0.1) is 17.2 Å². The third-order valence-corrected chi connectivity index (χ3v) is 7.35. The van der Waals surface area contributed by atoms with Crippen molar-refractivity contribution < 1.29 is 23.7 Å². The summed E-state index contributed by atoms with van der Waals surface area (Å²) in [5, 5.41) is 12.6. The number of ether oxygens (including phenoxy) is 4. The Bertz CT molecular complexity index is 1050. The molecule has 5 atom stereocenters. The lowest BCUT2D eigenvalue weighted by atomic mass is 9.87. The molecule has 2 aliphatic rings. The molecule has 0 saturated carbocycles. The Morgan fingerprint density at radius 2 is 1.78 bits per heavy atom. The molecule has 37 heavy (non-hydrogen) atoms. The summed E-state index contributed by atoms with van der Waals surface area (Å²) in [5.41, 5.74) is 0.918. The van der Waals surface area contributed by atoms with Crippen LogP contribution in [-0.4, -0.2) is 54.6 Å². The van der Waals surface area contributed by atoms with Crippen LogP contribution in [0.15, 0.2) is 60.7 Å². The van der Waals surface area contributed by atoms with Crippen molar-refractivity contribution in [1.82, 2.24) is 5.32 Å². The van der Waals surface area contributed by atoms with Gasteiger partial charge in [0, 0.05) is 24.6 Å². The smallest absolute Gasteiger partial charge is 0.411 e. The average molecular weight is 547 g/mol. The zero-order chi connectivity index (χ0) is 26.1. The van der Waals surface area contributed by atoms with Crippen molar-refractivity contribution in [1.29, 1.82) is 5.26 Å². The number of nitrogens with one attached hydrogen (secondary N) is 1. The van der Waals surface area contributed by atoms with Crippen LogP contribution in [0.3, 0.4) is 0 Å². The first-order valence-corrected chi connectivity index (χ1v) is 13.6. The zero-order valence-corrected chi connectivity index (χ0v) is 22.1. The summed E-state index contributed by atoms with van der Waals surface area (Å²) in [6.07, 6.45) is 0.502. The SMILES string of the molecule is N#CC1(NC(=O)OC2(CCCl)OCC(OCc3ccccc3)C2Cc2ccccc2)COC(CCCl)C1. The van der Waals surface area contributed by atoms with Gasteiger partial charge in [-0.05, 0) is 24.0 Å². The van der Waals surface area contributed by atoms with E-state index >= 15 is 0 Å². The van der Waals surface area contributed by atoms with E-state index in [0.29, 0.717) is 31.7 Å². The number of hydrogen-bond donors (Lipinski definition) is 1. The minimum Gasteiger partial charge on any atom is -0.416 e. The van der Waals surface area contributed by atoms with Gasteiger partial charge in [0.2, 0.25) is 5.79 Å². The van der Waals surface area contributed by atoms with E-state index in [1.165, 1.54) is 0 Å². The second-order valence-electron chi connectivity index (χ2n) is 9.52. The summed E-state index contributed by atoms with van der Waals surface area (Å²) >= 11 is 12.0. The quantitative estimate of drug-likeness (QED) is 0.390. The molecule has 198 valence electrons. The number of carbonyl (C=O) groups is 1. The molecule has 5 unspecified atom stereocenters. The van der Waals surface area contributed by atoms with E-state index in [9.17, 15) is 10.1 Å². The molecule has 2 aromatic rings. The summed E-state index contributed by atoms with van der Waals surface area (Å²) in [4.78, 5) is 13.2. The molecule has 7 nitrogen and oxygen atoms in total. The van der Waals surface area contributed by atoms with Gasteiger partial charge in [0.25, 0.3) is 0 Å². The van der Waals surface area contributed by atoms with Gasteiger partial charge in [-0.3, -0.25) is 0 Å². The zero-order valence-electron chi connectivity index (χ0n) is 20.6. The van der Waals surface area contributed by atoms with E-state index in [1.807, 2.05) is 60.7 Å². The fraction of sp³-hybridized carbons (Fsp3) is 0.500. The first-order chi connectivity index (χ1) is 18.0. The van der Waals surface area contributed by atoms with Gasteiger partial charge in [-0.2, -0.15) is 5.26 Å². The summed E-state index contributed by atoms with van der Waals surface area (Å²) in [6.45, 7) is 0.721. The van der Waals surface area contributed by atoms with Crippen LogP contribution in [0.25, 0.3) is 0 Å². The van der Waals surface area contributed by atoms with Crippen molar-refractivity contribution in [3.8, 4) is 6.07 Å². The first-order valence-electron chi connectivity index (χ1n) is 12.5. The van der Waals surface area contributed by atoms with E-state index in [4.69, 9.17) is 42.1 Å². The summed E-state index contributed by atoms with van der Waals surface area (Å²) in [7, 11) is 0. The topological polar surface area (TPSA) is 89.8 Å². The molecular formula is C28H32Cl2N2O5. The van der Waals surface area contributed by atoms with E-state index in [2.05, 4.69) is 11.4 Å². The van der Waals surface area contributed by atoms with Crippen LogP contribution < -0.4 is 5.32 Å². The minimum atomic E-state index is -1.31. The number of rotatable bonds is 11. The van der Waals surface area contributed by atoms with Gasteiger partial charge < -0.3 is 24.3 Å². The molecule has 9 heteroatoms. The molecule has 1 amide bonds. The fourth-order valence-corrected chi connectivity index (χ4v) is 5.52. The Balaban J connectivity index is 1.52. The Morgan fingerprint density at radius 3 is 2.43 bits per heavy atom. The lowest BCUT2D eigenvalue weighted by molar-refractivity contribution is -0.196. The maximum absolute atomic E-state index is 13.2. The van der Waals surface area contributed by atoms with Crippen LogP contribution in [-0.2, 0) is 32.0 Å². The standard InChI is InChI=1S/C28H32Cl2N2O5/c29-13-11-23-16-27(19-31,20-35-23)32-26(33)37-28(12-14-30)24(15-21-7-3-1-4-8-21)25(18-36-28)34-17-22-9-5-2-6-10-22/h1-10,23-25H,11-18,20H2,(H,32,33). The van der Waals surface area contributed by atoms with Gasteiger partial charge in [0.1, 0.15) is 0 Å². The maximum Gasteiger partial charge on any atom is 0.411 e. The van der Waals surface area contributed by atoms with Crippen molar-refractivity contribution in [3.05, 3.63) is 71.8 Å². The summed E-state index contributed by atoms with van der Waals surface area (Å²) in [5.74, 6) is -0.998. The van der Waals surface area contributed by atoms with Crippen molar-refractivity contribution in [3.63, 3.8) is 0 Å². The number of amides is 1. The fourth-order valence-electron chi connectivity index (χ4n) is 5.02. The lowest BCUT2D eigenvalue weighted by Crippen LogP contribution is -2.53. The summed E-state index contributed by atoms with van der Waals surface area (Å²) < 4.78 is 24.2. The molecule has 2 fully saturated rings. The van der Waals surface area contributed by atoms with Gasteiger partial charge >= 0.3 is 6.09 Å². The van der Waals surface area contributed by atoms with Crippen LogP contribution in [0.1, 0.15) is 30.4 Å². The second kappa shape index (κ2) is 12.9. The molecule has 0 radical (unpaired) electrons.